The molecule has 1 rings (SSSR count). The first kappa shape index (κ1) is 13.9. The molecular formula is C12H16FO3P. The molecule has 0 heterocycles. The van der Waals surface area contributed by atoms with Crippen LogP contribution in [0.3, 0.4) is 0 Å². The van der Waals surface area contributed by atoms with Gasteiger partial charge < -0.3 is 9.42 Å². The lowest BCUT2D eigenvalue weighted by Gasteiger charge is -2.14. The van der Waals surface area contributed by atoms with Crippen molar-refractivity contribution >= 4 is 13.7 Å². The van der Waals surface area contributed by atoms with Gasteiger partial charge in [0.15, 0.2) is 11.6 Å². The normalized spacial score (nSPS) is 14.1. The molecule has 0 bridgehead atoms. The molecule has 0 fully saturated rings. The van der Waals surface area contributed by atoms with Gasteiger partial charge in [0, 0.05) is 5.56 Å². The number of benzene rings is 1. The van der Waals surface area contributed by atoms with Crippen LogP contribution >= 0.6 is 7.60 Å². The monoisotopic (exact) mass is 258 g/mol. The van der Waals surface area contributed by atoms with Crippen LogP contribution in [0.25, 0.3) is 6.08 Å². The highest BCUT2D eigenvalue weighted by atomic mass is 31.2. The molecule has 0 radical (unpaired) electrons. The fraction of sp³-hybridized carbons (Fsp3) is 0.333. The standard InChI is InChI=1S/C12H16FO3P/c1-3-5-9-17(14,15)16-11-8-6-7-10(4-2)12(11)13/h4,6-8H,2-3,5,9H2,1H3,(H,14,15). The third-order valence-electron chi connectivity index (χ3n) is 2.25. The maximum absolute atomic E-state index is 13.7. The Morgan fingerprint density at radius 3 is 2.88 bits per heavy atom. The summed E-state index contributed by atoms with van der Waals surface area (Å²) in [4.78, 5) is 9.53. The highest BCUT2D eigenvalue weighted by Gasteiger charge is 2.22. The molecule has 1 N–H and O–H groups in total. The number of halogens is 1. The number of unbranched alkanes of at least 4 members (excludes halogenated alkanes) is 1. The molecule has 0 aromatic heterocycles. The van der Waals surface area contributed by atoms with Crippen molar-refractivity contribution in [2.45, 2.75) is 19.8 Å². The zero-order chi connectivity index (χ0) is 12.9. The predicted molar refractivity (Wildman–Crippen MR) is 66.7 cm³/mol. The van der Waals surface area contributed by atoms with Gasteiger partial charge in [-0.25, -0.2) is 8.96 Å². The topological polar surface area (TPSA) is 46.5 Å². The molecular weight excluding hydrogens is 242 g/mol. The van der Waals surface area contributed by atoms with E-state index >= 15 is 0 Å². The minimum Gasteiger partial charge on any atom is -0.421 e. The van der Waals surface area contributed by atoms with E-state index in [9.17, 15) is 13.8 Å². The van der Waals surface area contributed by atoms with Crippen LogP contribution in [-0.2, 0) is 4.57 Å². The molecule has 5 heteroatoms. The highest BCUT2D eigenvalue weighted by molar-refractivity contribution is 7.53. The Morgan fingerprint density at radius 1 is 1.59 bits per heavy atom. The summed E-state index contributed by atoms with van der Waals surface area (Å²) in [6.07, 6.45) is 2.71. The SMILES string of the molecule is C=Cc1cccc(OP(=O)(O)CCCC)c1F. The summed E-state index contributed by atoms with van der Waals surface area (Å²) >= 11 is 0. The summed E-state index contributed by atoms with van der Waals surface area (Å²) in [5.74, 6) is -0.863. The van der Waals surface area contributed by atoms with E-state index in [1.165, 1.54) is 18.2 Å². The smallest absolute Gasteiger partial charge is 0.376 e. The van der Waals surface area contributed by atoms with Crippen molar-refractivity contribution in [2.75, 3.05) is 6.16 Å². The van der Waals surface area contributed by atoms with E-state index in [0.29, 0.717) is 6.42 Å². The highest BCUT2D eigenvalue weighted by Crippen LogP contribution is 2.44. The summed E-state index contributed by atoms with van der Waals surface area (Å²) in [6, 6.07) is 4.40. The zero-order valence-electron chi connectivity index (χ0n) is 9.73. The van der Waals surface area contributed by atoms with Gasteiger partial charge in [-0.15, -0.1) is 0 Å². The fourth-order valence-electron chi connectivity index (χ4n) is 1.31. The molecule has 1 atom stereocenters. The molecule has 1 aromatic carbocycles. The first-order valence-electron chi connectivity index (χ1n) is 5.42. The summed E-state index contributed by atoms with van der Waals surface area (Å²) < 4.78 is 30.2. The lowest BCUT2D eigenvalue weighted by atomic mass is 10.2. The molecule has 0 aliphatic heterocycles. The van der Waals surface area contributed by atoms with Gasteiger partial charge >= 0.3 is 7.60 Å². The van der Waals surface area contributed by atoms with Gasteiger partial charge in [0.1, 0.15) is 0 Å². The number of rotatable bonds is 6. The van der Waals surface area contributed by atoms with Crippen molar-refractivity contribution in [3.63, 3.8) is 0 Å². The second kappa shape index (κ2) is 5.99. The molecule has 0 aliphatic rings. The van der Waals surface area contributed by atoms with Gasteiger partial charge in [-0.3, -0.25) is 0 Å². The summed E-state index contributed by atoms with van der Waals surface area (Å²) in [5, 5.41) is 0. The molecule has 1 unspecified atom stereocenters. The second-order valence-corrected chi connectivity index (χ2v) is 5.57. The van der Waals surface area contributed by atoms with Crippen LogP contribution in [0.15, 0.2) is 24.8 Å². The molecule has 3 nitrogen and oxygen atoms in total. The van der Waals surface area contributed by atoms with Crippen molar-refractivity contribution < 1.29 is 18.4 Å². The van der Waals surface area contributed by atoms with E-state index in [-0.39, 0.29) is 17.5 Å². The van der Waals surface area contributed by atoms with Crippen LogP contribution in [-0.4, -0.2) is 11.1 Å². The van der Waals surface area contributed by atoms with Crippen molar-refractivity contribution in [1.29, 1.82) is 0 Å². The maximum atomic E-state index is 13.7. The van der Waals surface area contributed by atoms with E-state index in [4.69, 9.17) is 4.52 Å². The predicted octanol–water partition coefficient (Wildman–Crippen LogP) is 3.83. The van der Waals surface area contributed by atoms with Crippen molar-refractivity contribution in [1.82, 2.24) is 0 Å². The Balaban J connectivity index is 2.88. The van der Waals surface area contributed by atoms with E-state index < -0.39 is 13.4 Å². The van der Waals surface area contributed by atoms with E-state index in [1.807, 2.05) is 6.92 Å². The molecule has 17 heavy (non-hydrogen) atoms. The summed E-state index contributed by atoms with van der Waals surface area (Å²) in [7, 11) is -3.76. The molecule has 0 saturated carbocycles. The van der Waals surface area contributed by atoms with E-state index in [0.717, 1.165) is 6.42 Å². The molecule has 0 saturated heterocycles. The van der Waals surface area contributed by atoms with Crippen molar-refractivity contribution in [2.24, 2.45) is 0 Å². The van der Waals surface area contributed by atoms with Gasteiger partial charge in [-0.2, -0.15) is 0 Å². The summed E-state index contributed by atoms with van der Waals surface area (Å²) in [6.45, 7) is 5.35. The average Bonchev–Trinajstić information content (AvgIpc) is 2.29. The second-order valence-electron chi connectivity index (χ2n) is 3.67. The van der Waals surface area contributed by atoms with Crippen LogP contribution in [0, 0.1) is 5.82 Å². The Kier molecular flexibility index (Phi) is 4.91. The average molecular weight is 258 g/mol. The fourth-order valence-corrected chi connectivity index (χ4v) is 2.57. The molecule has 94 valence electrons. The van der Waals surface area contributed by atoms with E-state index in [2.05, 4.69) is 6.58 Å². The summed E-state index contributed by atoms with van der Waals surface area (Å²) in [5.41, 5.74) is 0.248. The largest absolute Gasteiger partial charge is 0.421 e. The molecule has 1 aromatic rings. The van der Waals surface area contributed by atoms with Crippen LogP contribution in [0.2, 0.25) is 0 Å². The lowest BCUT2D eigenvalue weighted by molar-refractivity contribution is 0.368. The van der Waals surface area contributed by atoms with Gasteiger partial charge in [0.25, 0.3) is 0 Å². The van der Waals surface area contributed by atoms with Gasteiger partial charge in [-0.1, -0.05) is 38.1 Å². The zero-order valence-corrected chi connectivity index (χ0v) is 10.6. The minimum absolute atomic E-state index is 0.0290. The Morgan fingerprint density at radius 2 is 2.29 bits per heavy atom. The minimum atomic E-state index is -3.76. The quantitative estimate of drug-likeness (QED) is 0.789. The Labute approximate surface area is 100 Å². The maximum Gasteiger partial charge on any atom is 0.376 e. The van der Waals surface area contributed by atoms with Crippen LogP contribution in [0.5, 0.6) is 5.75 Å². The number of hydrogen-bond acceptors (Lipinski definition) is 2. The molecule has 0 spiro atoms. The Bertz CT molecular complexity index is 445. The third-order valence-corrected chi connectivity index (χ3v) is 3.61. The first-order valence-corrected chi connectivity index (χ1v) is 7.19. The third kappa shape index (κ3) is 3.99. The van der Waals surface area contributed by atoms with Crippen molar-refractivity contribution in [3.8, 4) is 5.75 Å². The molecule has 0 amide bonds. The van der Waals surface area contributed by atoms with Gasteiger partial charge in [0.2, 0.25) is 0 Å². The first-order chi connectivity index (χ1) is 8.00. The number of hydrogen-bond donors (Lipinski definition) is 1. The van der Waals surface area contributed by atoms with E-state index in [1.54, 1.807) is 6.07 Å². The lowest BCUT2D eigenvalue weighted by Crippen LogP contribution is -1.99. The van der Waals surface area contributed by atoms with Crippen LogP contribution < -0.4 is 4.52 Å². The van der Waals surface area contributed by atoms with Gasteiger partial charge in [0.05, 0.1) is 6.16 Å². The Hall–Kier alpha value is -1.12. The molecule has 0 aliphatic carbocycles. The van der Waals surface area contributed by atoms with Gasteiger partial charge in [-0.05, 0) is 12.5 Å². The van der Waals surface area contributed by atoms with Crippen LogP contribution in [0.4, 0.5) is 4.39 Å². The van der Waals surface area contributed by atoms with Crippen molar-refractivity contribution in [3.05, 3.63) is 36.2 Å². The van der Waals surface area contributed by atoms with Crippen LogP contribution in [0.1, 0.15) is 25.3 Å².